The van der Waals surface area contributed by atoms with Gasteiger partial charge in [0.2, 0.25) is 0 Å². The summed E-state index contributed by atoms with van der Waals surface area (Å²) in [4.78, 5) is 18.1. The fourth-order valence-electron chi connectivity index (χ4n) is 4.33. The van der Waals surface area contributed by atoms with Crippen LogP contribution in [0.4, 0.5) is 5.82 Å². The Morgan fingerprint density at radius 2 is 1.79 bits per heavy atom. The highest BCUT2D eigenvalue weighted by atomic mass is 16.5. The molecule has 1 saturated carbocycles. The van der Waals surface area contributed by atoms with Crippen LogP contribution in [0.25, 0.3) is 22.2 Å². The standard InChI is InChI=1S/C27H25N5O2/c1-3-7-24(33)31(2)19-16-20(17-19)32-23-14-15-29-27(28)25(23)26(30-32)18-10-12-22(13-11-18)34-21-8-5-4-6-9-21/h4-6,8-15,19-20H,16-17H2,1-2H3,(H2,28,29). The van der Waals surface area contributed by atoms with Crippen molar-refractivity contribution in [3.8, 4) is 34.6 Å². The summed E-state index contributed by atoms with van der Waals surface area (Å²) in [5.74, 6) is 7.11. The van der Waals surface area contributed by atoms with Gasteiger partial charge in [-0.1, -0.05) is 24.1 Å². The highest BCUT2D eigenvalue weighted by molar-refractivity contribution is 6.00. The third-order valence-electron chi connectivity index (χ3n) is 6.29. The predicted octanol–water partition coefficient (Wildman–Crippen LogP) is 4.66. The van der Waals surface area contributed by atoms with E-state index < -0.39 is 0 Å². The number of anilines is 1. The normalized spacial score (nSPS) is 16.9. The zero-order valence-electron chi connectivity index (χ0n) is 19.1. The molecule has 1 amide bonds. The molecule has 1 aliphatic carbocycles. The SMILES string of the molecule is CC#CC(=O)N(C)C1CC(n2nc(-c3ccc(Oc4ccccc4)cc3)c3c(N)nccc32)C1. The van der Waals surface area contributed by atoms with E-state index in [1.165, 1.54) is 0 Å². The van der Waals surface area contributed by atoms with Gasteiger partial charge in [-0.15, -0.1) is 0 Å². The van der Waals surface area contributed by atoms with E-state index in [0.717, 1.165) is 46.5 Å². The molecule has 2 N–H and O–H groups in total. The minimum absolute atomic E-state index is 0.148. The lowest BCUT2D eigenvalue weighted by atomic mass is 9.85. The van der Waals surface area contributed by atoms with Crippen LogP contribution < -0.4 is 10.5 Å². The first-order chi connectivity index (χ1) is 16.5. The van der Waals surface area contributed by atoms with Gasteiger partial charge in [0.1, 0.15) is 23.0 Å². The van der Waals surface area contributed by atoms with Crippen LogP contribution in [0.15, 0.2) is 66.9 Å². The summed E-state index contributed by atoms with van der Waals surface area (Å²) in [5.41, 5.74) is 8.96. The molecule has 1 aliphatic rings. The maximum atomic E-state index is 12.1. The quantitative estimate of drug-likeness (QED) is 0.446. The van der Waals surface area contributed by atoms with Crippen molar-refractivity contribution in [2.45, 2.75) is 31.8 Å². The van der Waals surface area contributed by atoms with Gasteiger partial charge in [-0.3, -0.25) is 9.48 Å². The van der Waals surface area contributed by atoms with E-state index in [9.17, 15) is 4.79 Å². The summed E-state index contributed by atoms with van der Waals surface area (Å²) in [6.07, 6.45) is 3.34. The number of rotatable bonds is 5. The minimum atomic E-state index is -0.150. The van der Waals surface area contributed by atoms with E-state index in [1.807, 2.05) is 65.3 Å². The van der Waals surface area contributed by atoms with Crippen LogP contribution in [-0.2, 0) is 4.79 Å². The Hall–Kier alpha value is -4.31. The van der Waals surface area contributed by atoms with E-state index in [4.69, 9.17) is 15.6 Å². The molecule has 170 valence electrons. The fraction of sp³-hybridized carbons (Fsp3) is 0.222. The lowest BCUT2D eigenvalue weighted by Gasteiger charge is -2.40. The number of nitrogens with two attached hydrogens (primary N) is 1. The molecule has 2 aromatic carbocycles. The topological polar surface area (TPSA) is 86.3 Å². The van der Waals surface area contributed by atoms with Gasteiger partial charge in [0.25, 0.3) is 5.91 Å². The highest BCUT2D eigenvalue weighted by Crippen LogP contribution is 2.40. The van der Waals surface area contributed by atoms with E-state index in [0.29, 0.717) is 5.82 Å². The van der Waals surface area contributed by atoms with E-state index >= 15 is 0 Å². The molecule has 0 atom stereocenters. The van der Waals surface area contributed by atoms with Crippen LogP contribution in [0.5, 0.6) is 11.5 Å². The van der Waals surface area contributed by atoms with Gasteiger partial charge in [-0.2, -0.15) is 5.10 Å². The molecule has 0 radical (unpaired) electrons. The van der Waals surface area contributed by atoms with Crippen LogP contribution in [0.3, 0.4) is 0 Å². The summed E-state index contributed by atoms with van der Waals surface area (Å²) in [7, 11) is 1.81. The average Bonchev–Trinajstić information content (AvgIpc) is 3.20. The summed E-state index contributed by atoms with van der Waals surface area (Å²) in [5, 5.41) is 5.79. The number of pyridine rings is 1. The summed E-state index contributed by atoms with van der Waals surface area (Å²) < 4.78 is 7.94. The summed E-state index contributed by atoms with van der Waals surface area (Å²) in [6, 6.07) is 19.7. The second kappa shape index (κ2) is 8.91. The van der Waals surface area contributed by atoms with E-state index in [1.54, 1.807) is 25.1 Å². The molecule has 7 nitrogen and oxygen atoms in total. The number of nitrogens with zero attached hydrogens (tertiary/aromatic N) is 4. The number of carbonyl (C=O) groups is 1. The molecule has 0 saturated heterocycles. The number of amides is 1. The number of ether oxygens (including phenoxy) is 1. The van der Waals surface area contributed by atoms with E-state index in [-0.39, 0.29) is 18.0 Å². The third-order valence-corrected chi connectivity index (χ3v) is 6.29. The molecule has 2 heterocycles. The Morgan fingerprint density at radius 1 is 1.09 bits per heavy atom. The Morgan fingerprint density at radius 3 is 2.50 bits per heavy atom. The molecule has 1 fully saturated rings. The van der Waals surface area contributed by atoms with Crippen LogP contribution in [0.2, 0.25) is 0 Å². The zero-order chi connectivity index (χ0) is 23.7. The first-order valence-electron chi connectivity index (χ1n) is 11.2. The van der Waals surface area contributed by atoms with Gasteiger partial charge in [0, 0.05) is 24.8 Å². The monoisotopic (exact) mass is 451 g/mol. The lowest BCUT2D eigenvalue weighted by molar-refractivity contribution is -0.128. The molecule has 0 bridgehead atoms. The molecule has 34 heavy (non-hydrogen) atoms. The number of para-hydroxylation sites is 1. The molecular formula is C27H25N5O2. The lowest BCUT2D eigenvalue weighted by Crippen LogP contribution is -2.46. The first-order valence-corrected chi connectivity index (χ1v) is 11.2. The molecular weight excluding hydrogens is 426 g/mol. The minimum Gasteiger partial charge on any atom is -0.457 e. The largest absolute Gasteiger partial charge is 0.457 e. The van der Waals surface area contributed by atoms with Crippen LogP contribution in [-0.4, -0.2) is 38.7 Å². The van der Waals surface area contributed by atoms with Gasteiger partial charge in [-0.05, 0) is 68.2 Å². The van der Waals surface area contributed by atoms with Gasteiger partial charge in [0.15, 0.2) is 0 Å². The number of hydrogen-bond donors (Lipinski definition) is 1. The summed E-state index contributed by atoms with van der Waals surface area (Å²) >= 11 is 0. The van der Waals surface area contributed by atoms with Gasteiger partial charge in [0.05, 0.1) is 16.9 Å². The van der Waals surface area contributed by atoms with Crippen molar-refractivity contribution in [3.63, 3.8) is 0 Å². The Kier molecular flexibility index (Phi) is 5.64. The predicted molar refractivity (Wildman–Crippen MR) is 132 cm³/mol. The second-order valence-electron chi connectivity index (χ2n) is 8.39. The zero-order valence-corrected chi connectivity index (χ0v) is 19.1. The molecule has 5 rings (SSSR count). The number of carbonyl (C=O) groups excluding carboxylic acids is 1. The number of benzene rings is 2. The third kappa shape index (κ3) is 3.95. The number of nitrogen functional groups attached to an aromatic ring is 1. The molecule has 0 aliphatic heterocycles. The van der Waals surface area contributed by atoms with Gasteiger partial charge >= 0.3 is 0 Å². The molecule has 0 unspecified atom stereocenters. The van der Waals surface area contributed by atoms with Crippen molar-refractivity contribution in [2.24, 2.45) is 0 Å². The first kappa shape index (κ1) is 21.5. The van der Waals surface area contributed by atoms with E-state index in [2.05, 4.69) is 16.8 Å². The fourth-order valence-corrected chi connectivity index (χ4v) is 4.33. The van der Waals surface area contributed by atoms with Crippen molar-refractivity contribution >= 4 is 22.6 Å². The maximum Gasteiger partial charge on any atom is 0.298 e. The van der Waals surface area contributed by atoms with Crippen LogP contribution >= 0.6 is 0 Å². The molecule has 7 heteroatoms. The smallest absolute Gasteiger partial charge is 0.298 e. The maximum absolute atomic E-state index is 12.1. The Bertz CT molecular complexity index is 1390. The average molecular weight is 452 g/mol. The second-order valence-corrected chi connectivity index (χ2v) is 8.39. The highest BCUT2D eigenvalue weighted by Gasteiger charge is 2.36. The Balaban J connectivity index is 1.42. The van der Waals surface area contributed by atoms with Crippen LogP contribution in [0.1, 0.15) is 25.8 Å². The van der Waals surface area contributed by atoms with Crippen molar-refractivity contribution < 1.29 is 9.53 Å². The molecule has 2 aromatic heterocycles. The molecule has 4 aromatic rings. The van der Waals surface area contributed by atoms with Crippen molar-refractivity contribution in [1.29, 1.82) is 0 Å². The van der Waals surface area contributed by atoms with Crippen molar-refractivity contribution in [3.05, 3.63) is 66.9 Å². The van der Waals surface area contributed by atoms with Crippen LogP contribution in [0, 0.1) is 11.8 Å². The number of fused-ring (bicyclic) bond motifs is 1. The Labute approximate surface area is 198 Å². The summed E-state index contributed by atoms with van der Waals surface area (Å²) in [6.45, 7) is 1.67. The van der Waals surface area contributed by atoms with Crippen molar-refractivity contribution in [1.82, 2.24) is 19.7 Å². The molecule has 0 spiro atoms. The van der Waals surface area contributed by atoms with Gasteiger partial charge in [-0.25, -0.2) is 4.98 Å². The number of aromatic nitrogens is 3. The number of hydrogen-bond acceptors (Lipinski definition) is 5. The van der Waals surface area contributed by atoms with Crippen molar-refractivity contribution in [2.75, 3.05) is 12.8 Å². The van der Waals surface area contributed by atoms with Gasteiger partial charge < -0.3 is 15.4 Å².